The second kappa shape index (κ2) is 9.82. The fraction of sp³-hybridized carbons (Fsp3) is 0.276. The van der Waals surface area contributed by atoms with Gasteiger partial charge in [0.05, 0.1) is 5.71 Å². The Morgan fingerprint density at radius 3 is 2.31 bits per heavy atom. The largest absolute Gasteiger partial charge is 0.322 e. The molecule has 3 aromatic carbocycles. The van der Waals surface area contributed by atoms with E-state index in [-0.39, 0.29) is 28.7 Å². The van der Waals surface area contributed by atoms with Crippen molar-refractivity contribution in [3.05, 3.63) is 101 Å². The Bertz CT molecular complexity index is 1280. The number of benzene rings is 3. The fourth-order valence-corrected chi connectivity index (χ4v) is 4.02. The van der Waals surface area contributed by atoms with E-state index in [0.717, 1.165) is 12.0 Å². The Kier molecular flexibility index (Phi) is 6.83. The van der Waals surface area contributed by atoms with Crippen LogP contribution in [-0.4, -0.2) is 17.5 Å². The molecule has 0 unspecified atom stereocenters. The molecule has 2 amide bonds. The number of nitrogens with zero attached hydrogens (tertiary/aromatic N) is 1. The van der Waals surface area contributed by atoms with E-state index in [4.69, 9.17) is 0 Å². The Hall–Kier alpha value is -3.80. The zero-order valence-corrected chi connectivity index (χ0v) is 20.4. The summed E-state index contributed by atoms with van der Waals surface area (Å²) in [7, 11) is 0. The van der Waals surface area contributed by atoms with Crippen LogP contribution in [0, 0.1) is 11.7 Å². The summed E-state index contributed by atoms with van der Waals surface area (Å²) in [4.78, 5) is 25.0. The van der Waals surface area contributed by atoms with Crippen LogP contribution < -0.4 is 10.7 Å². The summed E-state index contributed by atoms with van der Waals surface area (Å²) in [6.45, 7) is 8.35. The summed E-state index contributed by atoms with van der Waals surface area (Å²) in [6, 6.07) is 21.2. The molecule has 0 spiro atoms. The molecule has 5 nitrogen and oxygen atoms in total. The summed E-state index contributed by atoms with van der Waals surface area (Å²) in [5, 5.41) is 7.04. The first-order valence-corrected chi connectivity index (χ1v) is 11.7. The van der Waals surface area contributed by atoms with Crippen molar-refractivity contribution in [2.24, 2.45) is 11.0 Å². The molecule has 1 aliphatic carbocycles. The lowest BCUT2D eigenvalue weighted by molar-refractivity contribution is -0.122. The summed E-state index contributed by atoms with van der Waals surface area (Å²) in [5.74, 6) is -0.820. The molecule has 0 radical (unpaired) electrons. The van der Waals surface area contributed by atoms with Gasteiger partial charge in [-0.05, 0) is 71.7 Å². The number of amides is 2. The molecule has 2 N–H and O–H groups in total. The van der Waals surface area contributed by atoms with Crippen molar-refractivity contribution in [1.82, 2.24) is 5.43 Å². The smallest absolute Gasteiger partial charge is 0.255 e. The van der Waals surface area contributed by atoms with E-state index in [2.05, 4.69) is 60.9 Å². The summed E-state index contributed by atoms with van der Waals surface area (Å²) < 4.78 is 13.4. The minimum absolute atomic E-state index is 0.0797. The Morgan fingerprint density at radius 1 is 0.943 bits per heavy atom. The first kappa shape index (κ1) is 24.3. The lowest BCUT2D eigenvalue weighted by Gasteiger charge is -2.19. The van der Waals surface area contributed by atoms with Crippen LogP contribution >= 0.6 is 0 Å². The predicted octanol–water partition coefficient (Wildman–Crippen LogP) is 6.02. The molecular formula is C29H30FN3O2. The molecule has 0 bridgehead atoms. The van der Waals surface area contributed by atoms with E-state index < -0.39 is 11.7 Å². The minimum atomic E-state index is -0.468. The maximum absolute atomic E-state index is 13.4. The van der Waals surface area contributed by atoms with Crippen LogP contribution in [0.2, 0.25) is 0 Å². The van der Waals surface area contributed by atoms with E-state index in [9.17, 15) is 14.0 Å². The van der Waals surface area contributed by atoms with Crippen LogP contribution in [0.15, 0.2) is 77.9 Å². The van der Waals surface area contributed by atoms with Crippen molar-refractivity contribution in [3.63, 3.8) is 0 Å². The maximum atomic E-state index is 13.4. The van der Waals surface area contributed by atoms with Gasteiger partial charge in [-0.15, -0.1) is 0 Å². The predicted molar refractivity (Wildman–Crippen MR) is 137 cm³/mol. The number of nitrogens with one attached hydrogen (secondary N) is 2. The van der Waals surface area contributed by atoms with Crippen molar-refractivity contribution in [3.8, 4) is 0 Å². The normalized spacial score (nSPS) is 17.6. The van der Waals surface area contributed by atoms with Gasteiger partial charge in [0.25, 0.3) is 5.91 Å². The second-order valence-electron chi connectivity index (χ2n) is 10.0. The molecule has 1 fully saturated rings. The van der Waals surface area contributed by atoms with E-state index in [1.165, 1.54) is 29.3 Å². The van der Waals surface area contributed by atoms with E-state index in [0.29, 0.717) is 11.4 Å². The molecule has 1 aliphatic rings. The second-order valence-corrected chi connectivity index (χ2v) is 10.0. The third-order valence-corrected chi connectivity index (χ3v) is 6.29. The average molecular weight is 472 g/mol. The van der Waals surface area contributed by atoms with Crippen LogP contribution in [0.1, 0.15) is 67.1 Å². The SMILES string of the molecule is C/C(=N\NC(=O)[C@@H]1C[C@H]1c1ccc(C(C)(C)C)cc1)c1cccc(NC(=O)c2cccc(F)c2)c1. The van der Waals surface area contributed by atoms with Gasteiger partial charge in [0.15, 0.2) is 0 Å². The third-order valence-electron chi connectivity index (χ3n) is 6.29. The number of carbonyl (C=O) groups excluding carboxylic acids is 2. The lowest BCUT2D eigenvalue weighted by atomic mass is 9.86. The van der Waals surface area contributed by atoms with Crippen molar-refractivity contribution in [2.75, 3.05) is 5.32 Å². The molecule has 4 rings (SSSR count). The fourth-order valence-electron chi connectivity index (χ4n) is 4.02. The van der Waals surface area contributed by atoms with Crippen LogP contribution in [0.5, 0.6) is 0 Å². The zero-order valence-electron chi connectivity index (χ0n) is 20.4. The minimum Gasteiger partial charge on any atom is -0.322 e. The van der Waals surface area contributed by atoms with E-state index in [1.54, 1.807) is 31.2 Å². The molecule has 6 heteroatoms. The number of hydrazone groups is 1. The highest BCUT2D eigenvalue weighted by atomic mass is 19.1. The number of halogens is 1. The Balaban J connectivity index is 1.35. The molecule has 2 atom stereocenters. The molecule has 0 aromatic heterocycles. The Labute approximate surface area is 205 Å². The summed E-state index contributed by atoms with van der Waals surface area (Å²) >= 11 is 0. The van der Waals surface area contributed by atoms with Crippen molar-refractivity contribution >= 4 is 23.2 Å². The number of rotatable bonds is 6. The number of hydrogen-bond acceptors (Lipinski definition) is 3. The maximum Gasteiger partial charge on any atom is 0.255 e. The van der Waals surface area contributed by atoms with Crippen molar-refractivity contribution in [2.45, 2.75) is 45.4 Å². The van der Waals surface area contributed by atoms with Crippen LogP contribution in [0.25, 0.3) is 0 Å². The summed E-state index contributed by atoms with van der Waals surface area (Å²) in [5.41, 5.74) is 7.41. The number of carbonyl (C=O) groups is 2. The van der Waals surface area contributed by atoms with Gasteiger partial charge in [-0.3, -0.25) is 9.59 Å². The topological polar surface area (TPSA) is 70.6 Å². The first-order chi connectivity index (χ1) is 16.6. The molecule has 0 heterocycles. The first-order valence-electron chi connectivity index (χ1n) is 11.7. The number of anilines is 1. The molecular weight excluding hydrogens is 441 g/mol. The average Bonchev–Trinajstić information content (AvgIpc) is 3.63. The standard InChI is InChI=1S/C29H30FN3O2/c1-18(20-7-6-10-24(16-20)31-27(34)21-8-5-9-23(30)15-21)32-33-28(35)26-17-25(26)19-11-13-22(14-12-19)29(2,3)4/h5-16,25-26H,17H2,1-4H3,(H,31,34)(H,33,35)/b32-18+/t25-,26+/m0/s1. The van der Waals surface area contributed by atoms with Crippen molar-refractivity contribution < 1.29 is 14.0 Å². The van der Waals surface area contributed by atoms with Crippen molar-refractivity contribution in [1.29, 1.82) is 0 Å². The van der Waals surface area contributed by atoms with E-state index in [1.807, 2.05) is 6.07 Å². The van der Waals surface area contributed by atoms with Crippen LogP contribution in [0.4, 0.5) is 10.1 Å². The highest BCUT2D eigenvalue weighted by molar-refractivity contribution is 6.05. The lowest BCUT2D eigenvalue weighted by Crippen LogP contribution is -2.21. The quantitative estimate of drug-likeness (QED) is 0.341. The van der Waals surface area contributed by atoms with Gasteiger partial charge >= 0.3 is 0 Å². The highest BCUT2D eigenvalue weighted by Crippen LogP contribution is 2.47. The van der Waals surface area contributed by atoms with Gasteiger partial charge in [0.2, 0.25) is 5.91 Å². The third kappa shape index (κ3) is 6.01. The monoisotopic (exact) mass is 471 g/mol. The van der Waals surface area contributed by atoms with Gasteiger partial charge in [-0.25, -0.2) is 9.82 Å². The molecule has 1 saturated carbocycles. The van der Waals surface area contributed by atoms with Crippen LogP contribution in [0.3, 0.4) is 0 Å². The molecule has 180 valence electrons. The van der Waals surface area contributed by atoms with Gasteiger partial charge in [-0.2, -0.15) is 5.10 Å². The number of hydrogen-bond donors (Lipinski definition) is 2. The molecule has 35 heavy (non-hydrogen) atoms. The summed E-state index contributed by atoms with van der Waals surface area (Å²) in [6.07, 6.45) is 0.816. The molecule has 3 aromatic rings. The van der Waals surface area contributed by atoms with Gasteiger partial charge in [0.1, 0.15) is 5.82 Å². The molecule has 0 aliphatic heterocycles. The van der Waals surface area contributed by atoms with E-state index >= 15 is 0 Å². The Morgan fingerprint density at radius 2 is 1.63 bits per heavy atom. The van der Waals surface area contributed by atoms with Gasteiger partial charge < -0.3 is 5.32 Å². The highest BCUT2D eigenvalue weighted by Gasteiger charge is 2.44. The van der Waals surface area contributed by atoms with Gasteiger partial charge in [-0.1, -0.05) is 63.2 Å². The van der Waals surface area contributed by atoms with Crippen LogP contribution in [-0.2, 0) is 10.2 Å². The van der Waals surface area contributed by atoms with Gasteiger partial charge in [0, 0.05) is 17.2 Å². The molecule has 0 saturated heterocycles. The zero-order chi connectivity index (χ0) is 25.2.